The maximum atomic E-state index is 5.63. The normalized spacial score (nSPS) is 10.2. The second-order valence-corrected chi connectivity index (χ2v) is 3.24. The number of nitrogen functional groups attached to an aromatic ring is 1. The molecule has 2 rings (SSSR count). The molecule has 16 heavy (non-hydrogen) atoms. The first kappa shape index (κ1) is 10.3. The predicted octanol–water partition coefficient (Wildman–Crippen LogP) is 0.152. The van der Waals surface area contributed by atoms with Crippen molar-refractivity contribution in [2.45, 2.75) is 13.0 Å². The second-order valence-electron chi connectivity index (χ2n) is 3.24. The van der Waals surface area contributed by atoms with Crippen molar-refractivity contribution in [3.63, 3.8) is 0 Å². The van der Waals surface area contributed by atoms with Crippen molar-refractivity contribution in [2.24, 2.45) is 0 Å². The lowest BCUT2D eigenvalue weighted by Gasteiger charge is -2.06. The van der Waals surface area contributed by atoms with E-state index in [1.165, 1.54) is 0 Å². The highest BCUT2D eigenvalue weighted by molar-refractivity contribution is 5.54. The van der Waals surface area contributed by atoms with E-state index in [1.54, 1.807) is 23.3 Å². The average molecular weight is 219 g/mol. The molecule has 7 heteroatoms. The molecule has 0 saturated carbocycles. The maximum Gasteiger partial charge on any atom is 0.168 e. The largest absolute Gasteiger partial charge is 0.381 e. The Balaban J connectivity index is 1.74. The number of hydrogen-bond acceptors (Lipinski definition) is 6. The molecule has 0 fully saturated rings. The Morgan fingerprint density at radius 3 is 2.88 bits per heavy atom. The monoisotopic (exact) mass is 219 g/mol. The lowest BCUT2D eigenvalue weighted by molar-refractivity contribution is 0.569. The molecule has 0 amide bonds. The van der Waals surface area contributed by atoms with Crippen molar-refractivity contribution in [3.05, 3.63) is 24.8 Å². The number of nitrogens with one attached hydrogen (secondary N) is 1. The number of nitrogens with zero attached hydrogens (tertiary/aromatic N) is 5. The number of rotatable bonds is 5. The van der Waals surface area contributed by atoms with Crippen LogP contribution in [0.2, 0.25) is 0 Å². The lowest BCUT2D eigenvalue weighted by Crippen LogP contribution is -2.10. The number of aromatic nitrogens is 5. The average Bonchev–Trinajstić information content (AvgIpc) is 2.79. The Bertz CT molecular complexity index is 425. The van der Waals surface area contributed by atoms with Gasteiger partial charge in [-0.3, -0.25) is 4.68 Å². The molecule has 0 atom stereocenters. The summed E-state index contributed by atoms with van der Waals surface area (Å²) < 4.78 is 1.78. The summed E-state index contributed by atoms with van der Waals surface area (Å²) in [4.78, 5) is 8.01. The third-order valence-electron chi connectivity index (χ3n) is 2.05. The van der Waals surface area contributed by atoms with Crippen LogP contribution in [0.1, 0.15) is 6.42 Å². The molecule has 2 aromatic heterocycles. The molecule has 3 N–H and O–H groups in total. The number of anilines is 2. The van der Waals surface area contributed by atoms with Crippen LogP contribution in [0.3, 0.4) is 0 Å². The van der Waals surface area contributed by atoms with Gasteiger partial charge in [-0.15, -0.1) is 5.10 Å². The van der Waals surface area contributed by atoms with Gasteiger partial charge in [0.2, 0.25) is 0 Å². The van der Waals surface area contributed by atoms with E-state index in [4.69, 9.17) is 5.73 Å². The molecule has 0 unspecified atom stereocenters. The van der Waals surface area contributed by atoms with Crippen molar-refractivity contribution in [2.75, 3.05) is 17.6 Å². The first-order valence-electron chi connectivity index (χ1n) is 5.01. The van der Waals surface area contributed by atoms with Crippen molar-refractivity contribution >= 4 is 11.6 Å². The van der Waals surface area contributed by atoms with Crippen LogP contribution < -0.4 is 11.1 Å². The van der Waals surface area contributed by atoms with Gasteiger partial charge in [0.15, 0.2) is 11.6 Å². The molecule has 0 aliphatic heterocycles. The van der Waals surface area contributed by atoms with E-state index in [-0.39, 0.29) is 0 Å². The van der Waals surface area contributed by atoms with E-state index in [9.17, 15) is 0 Å². The minimum Gasteiger partial charge on any atom is -0.381 e. The van der Waals surface area contributed by atoms with E-state index in [1.807, 2.05) is 6.20 Å². The van der Waals surface area contributed by atoms with Gasteiger partial charge in [0.1, 0.15) is 0 Å². The van der Waals surface area contributed by atoms with Crippen LogP contribution in [0.25, 0.3) is 0 Å². The third-order valence-corrected chi connectivity index (χ3v) is 2.05. The smallest absolute Gasteiger partial charge is 0.168 e. The van der Waals surface area contributed by atoms with E-state index >= 15 is 0 Å². The fraction of sp³-hybridized carbons (Fsp3) is 0.333. The molecule has 84 valence electrons. The zero-order valence-electron chi connectivity index (χ0n) is 8.74. The van der Waals surface area contributed by atoms with E-state index in [0.717, 1.165) is 19.5 Å². The summed E-state index contributed by atoms with van der Waals surface area (Å²) >= 11 is 0. The highest BCUT2D eigenvalue weighted by Crippen LogP contribution is 2.08. The van der Waals surface area contributed by atoms with Gasteiger partial charge in [0, 0.05) is 31.7 Å². The van der Waals surface area contributed by atoms with Gasteiger partial charge < -0.3 is 11.1 Å². The molecule has 0 radical (unpaired) electrons. The van der Waals surface area contributed by atoms with Crippen LogP contribution >= 0.6 is 0 Å². The maximum absolute atomic E-state index is 5.63. The van der Waals surface area contributed by atoms with Gasteiger partial charge in [0.25, 0.3) is 0 Å². The Hall–Kier alpha value is -2.18. The van der Waals surface area contributed by atoms with Gasteiger partial charge in [-0.25, -0.2) is 9.97 Å². The van der Waals surface area contributed by atoms with Crippen LogP contribution in [-0.4, -0.2) is 31.5 Å². The zero-order chi connectivity index (χ0) is 11.2. The standard InChI is InChI=1S/C9H13N7/c10-8-9(13-4-3-11-8)12-2-1-6-16-7-5-14-15-16/h3-5,7H,1-2,6H2,(H2,10,11)(H,12,13). The first-order valence-corrected chi connectivity index (χ1v) is 5.01. The van der Waals surface area contributed by atoms with Crippen LogP contribution in [0, 0.1) is 0 Å². The third kappa shape index (κ3) is 2.66. The molecular formula is C9H13N7. The van der Waals surface area contributed by atoms with E-state index < -0.39 is 0 Å². The van der Waals surface area contributed by atoms with Gasteiger partial charge in [-0.05, 0) is 6.42 Å². The fourth-order valence-corrected chi connectivity index (χ4v) is 1.28. The summed E-state index contributed by atoms with van der Waals surface area (Å²) in [5.74, 6) is 1.05. The molecule has 0 aliphatic carbocycles. The number of hydrogen-bond donors (Lipinski definition) is 2. The predicted molar refractivity (Wildman–Crippen MR) is 59.6 cm³/mol. The number of aryl methyl sites for hydroxylation is 1. The molecule has 0 aromatic carbocycles. The second kappa shape index (κ2) is 5.06. The Labute approximate surface area is 92.7 Å². The van der Waals surface area contributed by atoms with Crippen molar-refractivity contribution < 1.29 is 0 Å². The Kier molecular flexibility index (Phi) is 3.27. The molecule has 0 saturated heterocycles. The van der Waals surface area contributed by atoms with Gasteiger partial charge >= 0.3 is 0 Å². The van der Waals surface area contributed by atoms with Gasteiger partial charge in [-0.1, -0.05) is 5.21 Å². The summed E-state index contributed by atoms with van der Waals surface area (Å²) in [7, 11) is 0. The quantitative estimate of drug-likeness (QED) is 0.695. The zero-order valence-corrected chi connectivity index (χ0v) is 8.74. The lowest BCUT2D eigenvalue weighted by atomic mass is 10.4. The SMILES string of the molecule is Nc1nccnc1NCCCn1ccnn1. The summed E-state index contributed by atoms with van der Waals surface area (Å²) in [6.07, 6.45) is 7.58. The summed E-state index contributed by atoms with van der Waals surface area (Å²) in [5, 5.41) is 10.7. The minimum atomic E-state index is 0.420. The van der Waals surface area contributed by atoms with Gasteiger partial charge in [-0.2, -0.15) is 0 Å². The topological polar surface area (TPSA) is 94.5 Å². The molecule has 0 bridgehead atoms. The molecule has 0 spiro atoms. The Morgan fingerprint density at radius 2 is 2.12 bits per heavy atom. The molecule has 0 aliphatic rings. The van der Waals surface area contributed by atoms with Gasteiger partial charge in [0.05, 0.1) is 6.20 Å². The highest BCUT2D eigenvalue weighted by atomic mass is 15.4. The first-order chi connectivity index (χ1) is 7.86. The van der Waals surface area contributed by atoms with Crippen molar-refractivity contribution in [3.8, 4) is 0 Å². The summed E-state index contributed by atoms with van der Waals surface area (Å²) in [5.41, 5.74) is 5.63. The minimum absolute atomic E-state index is 0.420. The van der Waals surface area contributed by atoms with Crippen LogP contribution in [0.15, 0.2) is 24.8 Å². The molecule has 7 nitrogen and oxygen atoms in total. The Morgan fingerprint density at radius 1 is 1.25 bits per heavy atom. The molecule has 2 heterocycles. The van der Waals surface area contributed by atoms with E-state index in [2.05, 4.69) is 25.6 Å². The fourth-order valence-electron chi connectivity index (χ4n) is 1.28. The van der Waals surface area contributed by atoms with E-state index in [0.29, 0.717) is 11.6 Å². The molecule has 2 aromatic rings. The van der Waals surface area contributed by atoms with Crippen LogP contribution in [-0.2, 0) is 6.54 Å². The highest BCUT2D eigenvalue weighted by Gasteiger charge is 1.99. The van der Waals surface area contributed by atoms with Crippen LogP contribution in [0.5, 0.6) is 0 Å². The summed E-state index contributed by atoms with van der Waals surface area (Å²) in [6, 6.07) is 0. The van der Waals surface area contributed by atoms with Crippen molar-refractivity contribution in [1.29, 1.82) is 0 Å². The summed E-state index contributed by atoms with van der Waals surface area (Å²) in [6.45, 7) is 1.58. The van der Waals surface area contributed by atoms with Crippen molar-refractivity contribution in [1.82, 2.24) is 25.0 Å². The number of nitrogens with two attached hydrogens (primary N) is 1. The molecular weight excluding hydrogens is 206 g/mol. The van der Waals surface area contributed by atoms with Crippen LogP contribution in [0.4, 0.5) is 11.6 Å².